The highest BCUT2D eigenvalue weighted by atomic mass is 16.4. The summed E-state index contributed by atoms with van der Waals surface area (Å²) in [5, 5.41) is 8.81. The number of carbonyl (C=O) groups is 2. The van der Waals surface area contributed by atoms with E-state index in [-0.39, 0.29) is 0 Å². The second-order valence-corrected chi connectivity index (χ2v) is 6.56. The van der Waals surface area contributed by atoms with Crippen LogP contribution in [0.1, 0.15) is 53.4 Å². The highest BCUT2D eigenvalue weighted by Crippen LogP contribution is 2.39. The van der Waals surface area contributed by atoms with E-state index < -0.39 is 11.9 Å². The maximum Gasteiger partial charge on any atom is 0.394 e. The van der Waals surface area contributed by atoms with Gasteiger partial charge in [-0.15, -0.1) is 0 Å². The largest absolute Gasteiger partial charge is 0.474 e. The van der Waals surface area contributed by atoms with Gasteiger partial charge in [0.25, 0.3) is 0 Å². The normalized spacial score (nSPS) is 26.6. The van der Waals surface area contributed by atoms with Gasteiger partial charge in [-0.1, -0.05) is 27.2 Å². The van der Waals surface area contributed by atoms with Crippen molar-refractivity contribution in [3.8, 4) is 0 Å². The van der Waals surface area contributed by atoms with E-state index in [2.05, 4.69) is 20.8 Å². The molecule has 4 nitrogen and oxygen atoms in total. The average Bonchev–Trinajstić information content (AvgIpc) is 2.38. The Hall–Kier alpha value is -1.06. The van der Waals surface area contributed by atoms with Crippen LogP contribution in [0.15, 0.2) is 0 Å². The lowest BCUT2D eigenvalue weighted by atomic mass is 9.69. The molecule has 0 spiro atoms. The fourth-order valence-corrected chi connectivity index (χ4v) is 3.59. The van der Waals surface area contributed by atoms with Gasteiger partial charge in [0.15, 0.2) is 0 Å². The molecule has 1 fully saturated rings. The van der Waals surface area contributed by atoms with Crippen LogP contribution in [0.4, 0.5) is 0 Å². The Labute approximate surface area is 122 Å². The summed E-state index contributed by atoms with van der Waals surface area (Å²) in [4.78, 5) is 23.8. The maximum atomic E-state index is 11.6. The van der Waals surface area contributed by atoms with Gasteiger partial charge in [0, 0.05) is 13.1 Å². The van der Waals surface area contributed by atoms with Crippen molar-refractivity contribution in [1.82, 2.24) is 4.90 Å². The summed E-state index contributed by atoms with van der Waals surface area (Å²) < 4.78 is 0. The average molecular weight is 283 g/mol. The third kappa shape index (κ3) is 4.50. The minimum atomic E-state index is -1.34. The summed E-state index contributed by atoms with van der Waals surface area (Å²) in [5.74, 6) is 0.638. The van der Waals surface area contributed by atoms with Gasteiger partial charge in [-0.25, -0.2) is 4.79 Å². The monoisotopic (exact) mass is 283 g/mol. The van der Waals surface area contributed by atoms with Gasteiger partial charge in [0.05, 0.1) is 0 Å². The first-order valence-electron chi connectivity index (χ1n) is 7.88. The molecule has 4 heteroatoms. The van der Waals surface area contributed by atoms with Gasteiger partial charge < -0.3 is 10.0 Å². The van der Waals surface area contributed by atoms with Gasteiger partial charge in [0.1, 0.15) is 0 Å². The molecule has 1 rings (SSSR count). The molecule has 1 aliphatic rings. The van der Waals surface area contributed by atoms with Gasteiger partial charge >= 0.3 is 11.9 Å². The van der Waals surface area contributed by atoms with Crippen molar-refractivity contribution in [2.75, 3.05) is 13.1 Å². The Kier molecular flexibility index (Phi) is 6.50. The van der Waals surface area contributed by atoms with Crippen molar-refractivity contribution in [3.63, 3.8) is 0 Å². The second-order valence-electron chi connectivity index (χ2n) is 6.56. The van der Waals surface area contributed by atoms with E-state index >= 15 is 0 Å². The van der Waals surface area contributed by atoms with E-state index in [9.17, 15) is 9.59 Å². The van der Waals surface area contributed by atoms with Crippen molar-refractivity contribution >= 4 is 11.9 Å². The van der Waals surface area contributed by atoms with E-state index in [0.29, 0.717) is 30.8 Å². The summed E-state index contributed by atoms with van der Waals surface area (Å²) in [6, 6.07) is 0. The molecule has 0 aromatic carbocycles. The predicted octanol–water partition coefficient (Wildman–Crippen LogP) is 3.02. The molecule has 0 aromatic heterocycles. The number of carboxylic acid groups (broad SMARTS) is 1. The van der Waals surface area contributed by atoms with E-state index in [1.807, 2.05) is 6.92 Å². The maximum absolute atomic E-state index is 11.6. The molecular weight excluding hydrogens is 254 g/mol. The molecule has 1 N–H and O–H groups in total. The van der Waals surface area contributed by atoms with Crippen molar-refractivity contribution in [2.45, 2.75) is 53.4 Å². The minimum Gasteiger partial charge on any atom is -0.474 e. The molecule has 0 radical (unpaired) electrons. The standard InChI is InChI=1S/C16H29NO3/c1-5-17(15(18)16(19)20)9-8-13-10-12(4)6-7-14(13)11(2)3/h11-14H,5-10H2,1-4H3,(H,19,20). The third-order valence-electron chi connectivity index (χ3n) is 4.78. The highest BCUT2D eigenvalue weighted by molar-refractivity contribution is 6.31. The van der Waals surface area contributed by atoms with E-state index in [0.717, 1.165) is 12.3 Å². The molecule has 1 amide bonds. The van der Waals surface area contributed by atoms with Crippen LogP contribution in [0.5, 0.6) is 0 Å². The van der Waals surface area contributed by atoms with Crippen LogP contribution in [-0.4, -0.2) is 35.0 Å². The third-order valence-corrected chi connectivity index (χ3v) is 4.78. The summed E-state index contributed by atoms with van der Waals surface area (Å²) in [7, 11) is 0. The SMILES string of the molecule is CCN(CCC1CC(C)CCC1C(C)C)C(=O)C(=O)O. The first-order valence-corrected chi connectivity index (χ1v) is 7.88. The number of amides is 1. The number of aliphatic carboxylic acids is 1. The minimum absolute atomic E-state index is 0.472. The van der Waals surface area contributed by atoms with Gasteiger partial charge in [-0.05, 0) is 49.9 Å². The Bertz CT molecular complexity index is 341. The van der Waals surface area contributed by atoms with Gasteiger partial charge in [0.2, 0.25) is 0 Å². The molecule has 0 bridgehead atoms. The topological polar surface area (TPSA) is 57.6 Å². The number of carboxylic acids is 1. The highest BCUT2D eigenvalue weighted by Gasteiger charge is 2.31. The Morgan fingerprint density at radius 3 is 2.45 bits per heavy atom. The Morgan fingerprint density at radius 1 is 1.30 bits per heavy atom. The number of hydrogen-bond donors (Lipinski definition) is 1. The van der Waals surface area contributed by atoms with Crippen LogP contribution in [0, 0.1) is 23.7 Å². The molecule has 20 heavy (non-hydrogen) atoms. The van der Waals surface area contributed by atoms with Crippen molar-refractivity contribution in [2.24, 2.45) is 23.7 Å². The lowest BCUT2D eigenvalue weighted by molar-refractivity contribution is -0.155. The fraction of sp³-hybridized carbons (Fsp3) is 0.875. The lowest BCUT2D eigenvalue weighted by Crippen LogP contribution is -2.39. The zero-order valence-corrected chi connectivity index (χ0v) is 13.3. The zero-order valence-electron chi connectivity index (χ0n) is 13.3. The summed E-state index contributed by atoms with van der Waals surface area (Å²) >= 11 is 0. The summed E-state index contributed by atoms with van der Waals surface area (Å²) in [5.41, 5.74) is 0. The Balaban J connectivity index is 2.59. The van der Waals surface area contributed by atoms with Crippen LogP contribution in [-0.2, 0) is 9.59 Å². The number of likely N-dealkylation sites (N-methyl/N-ethyl adjacent to an activating group) is 1. The number of nitrogens with zero attached hydrogens (tertiary/aromatic N) is 1. The zero-order chi connectivity index (χ0) is 15.3. The molecule has 0 heterocycles. The molecule has 116 valence electrons. The van der Waals surface area contributed by atoms with Crippen LogP contribution in [0.25, 0.3) is 0 Å². The number of hydrogen-bond acceptors (Lipinski definition) is 2. The number of rotatable bonds is 5. The molecule has 3 atom stereocenters. The first-order chi connectivity index (χ1) is 9.36. The molecule has 0 aromatic rings. The molecule has 1 aliphatic carbocycles. The second kappa shape index (κ2) is 7.65. The fourth-order valence-electron chi connectivity index (χ4n) is 3.59. The van der Waals surface area contributed by atoms with Crippen molar-refractivity contribution in [1.29, 1.82) is 0 Å². The Morgan fingerprint density at radius 2 is 1.95 bits per heavy atom. The molecule has 0 saturated heterocycles. The van der Waals surface area contributed by atoms with Crippen LogP contribution >= 0.6 is 0 Å². The van der Waals surface area contributed by atoms with E-state index in [1.54, 1.807) is 0 Å². The van der Waals surface area contributed by atoms with Crippen molar-refractivity contribution < 1.29 is 14.7 Å². The summed E-state index contributed by atoms with van der Waals surface area (Å²) in [6.07, 6.45) is 4.70. The van der Waals surface area contributed by atoms with Crippen LogP contribution in [0.3, 0.4) is 0 Å². The van der Waals surface area contributed by atoms with Gasteiger partial charge in [-0.3, -0.25) is 4.79 Å². The first kappa shape index (κ1) is 17.0. The van der Waals surface area contributed by atoms with E-state index in [4.69, 9.17) is 5.11 Å². The summed E-state index contributed by atoms with van der Waals surface area (Å²) in [6.45, 7) is 9.72. The van der Waals surface area contributed by atoms with Crippen LogP contribution < -0.4 is 0 Å². The lowest BCUT2D eigenvalue weighted by Gasteiger charge is -2.38. The van der Waals surface area contributed by atoms with E-state index in [1.165, 1.54) is 24.2 Å². The molecule has 1 saturated carbocycles. The van der Waals surface area contributed by atoms with Crippen molar-refractivity contribution in [3.05, 3.63) is 0 Å². The molecular formula is C16H29NO3. The smallest absolute Gasteiger partial charge is 0.394 e. The van der Waals surface area contributed by atoms with Gasteiger partial charge in [-0.2, -0.15) is 0 Å². The molecule has 0 aliphatic heterocycles. The predicted molar refractivity (Wildman–Crippen MR) is 79.3 cm³/mol. The van der Waals surface area contributed by atoms with Crippen LogP contribution in [0.2, 0.25) is 0 Å². The molecule has 3 unspecified atom stereocenters. The number of carbonyl (C=O) groups excluding carboxylic acids is 1. The quantitative estimate of drug-likeness (QED) is 0.789.